The van der Waals surface area contributed by atoms with E-state index in [1.807, 2.05) is 0 Å². The van der Waals surface area contributed by atoms with E-state index in [-0.39, 0.29) is 33.2 Å². The van der Waals surface area contributed by atoms with Gasteiger partial charge < -0.3 is 15.8 Å². The molecule has 0 atom stereocenters. The summed E-state index contributed by atoms with van der Waals surface area (Å²) >= 11 is 0.796. The zero-order valence-electron chi connectivity index (χ0n) is 15.6. The van der Waals surface area contributed by atoms with E-state index in [4.69, 9.17) is 10.5 Å². The SMILES string of the molecule is CCn1ncc([N+](=O)[O-])c1C(=O)Nc1sc(C(N)=O)c(C)c1C(=O)OC(C)C. The van der Waals surface area contributed by atoms with Gasteiger partial charge in [-0.05, 0) is 33.3 Å². The van der Waals surface area contributed by atoms with Crippen molar-refractivity contribution in [3.63, 3.8) is 0 Å². The number of nitro groups is 1. The number of aryl methyl sites for hydroxylation is 1. The second-order valence-electron chi connectivity index (χ2n) is 5.98. The number of nitrogens with one attached hydrogen (secondary N) is 1. The lowest BCUT2D eigenvalue weighted by Crippen LogP contribution is -2.20. The van der Waals surface area contributed by atoms with E-state index in [0.29, 0.717) is 0 Å². The Morgan fingerprint density at radius 1 is 1.43 bits per heavy atom. The van der Waals surface area contributed by atoms with Crippen LogP contribution in [0.4, 0.5) is 10.7 Å². The van der Waals surface area contributed by atoms with E-state index < -0.39 is 34.5 Å². The van der Waals surface area contributed by atoms with Gasteiger partial charge in [-0.3, -0.25) is 24.4 Å². The van der Waals surface area contributed by atoms with E-state index >= 15 is 0 Å². The van der Waals surface area contributed by atoms with Crippen molar-refractivity contribution in [2.45, 2.75) is 40.3 Å². The van der Waals surface area contributed by atoms with Gasteiger partial charge in [0.15, 0.2) is 0 Å². The summed E-state index contributed by atoms with van der Waals surface area (Å²) in [5, 5.41) is 17.5. The predicted octanol–water partition coefficient (Wildman–Crippen LogP) is 2.10. The minimum atomic E-state index is -0.845. The van der Waals surface area contributed by atoms with Gasteiger partial charge in [0.05, 0.1) is 21.5 Å². The fourth-order valence-electron chi connectivity index (χ4n) is 2.50. The second-order valence-corrected chi connectivity index (χ2v) is 7.00. The van der Waals surface area contributed by atoms with Crippen LogP contribution in [0.1, 0.15) is 56.9 Å². The first-order valence-electron chi connectivity index (χ1n) is 8.24. The molecule has 28 heavy (non-hydrogen) atoms. The molecule has 0 aromatic carbocycles. The second kappa shape index (κ2) is 8.17. The molecule has 0 saturated carbocycles. The molecule has 3 N–H and O–H groups in total. The first-order chi connectivity index (χ1) is 13.1. The predicted molar refractivity (Wildman–Crippen MR) is 101 cm³/mol. The minimum Gasteiger partial charge on any atom is -0.459 e. The van der Waals surface area contributed by atoms with Crippen molar-refractivity contribution in [2.24, 2.45) is 5.73 Å². The Balaban J connectivity index is 2.51. The Morgan fingerprint density at radius 3 is 2.57 bits per heavy atom. The lowest BCUT2D eigenvalue weighted by molar-refractivity contribution is -0.385. The van der Waals surface area contributed by atoms with Crippen molar-refractivity contribution in [3.05, 3.63) is 38.0 Å². The molecule has 0 fully saturated rings. The molecule has 2 amide bonds. The van der Waals surface area contributed by atoms with Gasteiger partial charge in [0, 0.05) is 6.54 Å². The van der Waals surface area contributed by atoms with Crippen molar-refractivity contribution in [1.82, 2.24) is 9.78 Å². The Labute approximate surface area is 163 Å². The fourth-order valence-corrected chi connectivity index (χ4v) is 3.54. The van der Waals surface area contributed by atoms with E-state index in [2.05, 4.69) is 10.4 Å². The summed E-state index contributed by atoms with van der Waals surface area (Å²) in [5.74, 6) is -2.36. The molecular weight excluding hydrogens is 390 g/mol. The Hall–Kier alpha value is -3.28. The summed E-state index contributed by atoms with van der Waals surface area (Å²) in [5.41, 5.74) is 4.82. The van der Waals surface area contributed by atoms with E-state index in [9.17, 15) is 24.5 Å². The van der Waals surface area contributed by atoms with Crippen LogP contribution < -0.4 is 11.1 Å². The highest BCUT2D eigenvalue weighted by atomic mass is 32.1. The Morgan fingerprint density at radius 2 is 2.07 bits per heavy atom. The molecule has 0 aliphatic rings. The maximum absolute atomic E-state index is 12.7. The average Bonchev–Trinajstić information content (AvgIpc) is 3.15. The number of aromatic nitrogens is 2. The van der Waals surface area contributed by atoms with Gasteiger partial charge in [0.25, 0.3) is 11.8 Å². The lowest BCUT2D eigenvalue weighted by Gasteiger charge is -2.10. The van der Waals surface area contributed by atoms with Crippen LogP contribution in [-0.2, 0) is 11.3 Å². The monoisotopic (exact) mass is 409 g/mol. The summed E-state index contributed by atoms with van der Waals surface area (Å²) in [7, 11) is 0. The van der Waals surface area contributed by atoms with Crippen LogP contribution in [-0.4, -0.2) is 38.6 Å². The highest BCUT2D eigenvalue weighted by molar-refractivity contribution is 7.18. The topological polar surface area (TPSA) is 159 Å². The van der Waals surface area contributed by atoms with Crippen LogP contribution in [0.3, 0.4) is 0 Å². The number of anilines is 1. The molecule has 11 nitrogen and oxygen atoms in total. The number of primary amides is 1. The number of thiophene rings is 1. The molecule has 0 aliphatic carbocycles. The van der Waals surface area contributed by atoms with Crippen molar-refractivity contribution in [3.8, 4) is 0 Å². The number of esters is 1. The number of nitrogens with zero attached hydrogens (tertiary/aromatic N) is 3. The number of ether oxygens (including phenoxy) is 1. The third kappa shape index (κ3) is 4.01. The number of nitrogens with two attached hydrogens (primary N) is 1. The third-order valence-corrected chi connectivity index (χ3v) is 4.90. The van der Waals surface area contributed by atoms with E-state index in [0.717, 1.165) is 22.2 Å². The summed E-state index contributed by atoms with van der Waals surface area (Å²) in [4.78, 5) is 47.4. The number of amides is 2. The summed E-state index contributed by atoms with van der Waals surface area (Å²) in [6.07, 6.45) is 0.538. The van der Waals surface area contributed by atoms with Crippen molar-refractivity contribution >= 4 is 39.8 Å². The van der Waals surface area contributed by atoms with Crippen LogP contribution >= 0.6 is 11.3 Å². The van der Waals surface area contributed by atoms with Crippen molar-refractivity contribution < 1.29 is 24.0 Å². The van der Waals surface area contributed by atoms with Crippen molar-refractivity contribution in [2.75, 3.05) is 5.32 Å². The molecule has 2 heterocycles. The number of carbonyl (C=O) groups is 3. The summed E-state index contributed by atoms with van der Waals surface area (Å²) < 4.78 is 6.33. The molecule has 150 valence electrons. The van der Waals surface area contributed by atoms with Crippen LogP contribution in [0.5, 0.6) is 0 Å². The number of rotatable bonds is 7. The zero-order valence-corrected chi connectivity index (χ0v) is 16.5. The highest BCUT2D eigenvalue weighted by Gasteiger charge is 2.30. The zero-order chi connectivity index (χ0) is 21.2. The van der Waals surface area contributed by atoms with Crippen LogP contribution in [0.15, 0.2) is 6.20 Å². The molecule has 0 radical (unpaired) electrons. The Kier molecular flexibility index (Phi) is 6.13. The maximum Gasteiger partial charge on any atom is 0.341 e. The molecule has 0 saturated heterocycles. The van der Waals surface area contributed by atoms with Crippen LogP contribution in [0, 0.1) is 17.0 Å². The summed E-state index contributed by atoms with van der Waals surface area (Å²) in [6.45, 7) is 6.68. The van der Waals surface area contributed by atoms with Crippen LogP contribution in [0.2, 0.25) is 0 Å². The standard InChI is InChI=1S/C16H19N5O6S/c1-5-20-11(9(6-18-20)21(25)26)14(23)19-15-10(16(24)27-7(2)3)8(4)12(28-15)13(17)22/h6-7H,5H2,1-4H3,(H2,17,22)(H,19,23). The molecule has 0 spiro atoms. The largest absolute Gasteiger partial charge is 0.459 e. The molecule has 2 aromatic heterocycles. The van der Waals surface area contributed by atoms with Crippen LogP contribution in [0.25, 0.3) is 0 Å². The number of hydrogen-bond acceptors (Lipinski definition) is 8. The molecule has 0 aliphatic heterocycles. The Bertz CT molecular complexity index is 961. The number of hydrogen-bond donors (Lipinski definition) is 2. The molecule has 12 heteroatoms. The van der Waals surface area contributed by atoms with Gasteiger partial charge >= 0.3 is 11.7 Å². The van der Waals surface area contributed by atoms with Gasteiger partial charge in [-0.2, -0.15) is 5.10 Å². The minimum absolute atomic E-state index is 0.0140. The fraction of sp³-hybridized carbons (Fsp3) is 0.375. The highest BCUT2D eigenvalue weighted by Crippen LogP contribution is 2.34. The van der Waals surface area contributed by atoms with Gasteiger partial charge in [-0.25, -0.2) is 4.79 Å². The molecular formula is C16H19N5O6S. The third-order valence-electron chi connectivity index (χ3n) is 3.68. The molecule has 0 unspecified atom stereocenters. The van der Waals surface area contributed by atoms with Gasteiger partial charge in [-0.15, -0.1) is 11.3 Å². The number of carbonyl (C=O) groups excluding carboxylic acids is 3. The first-order valence-corrected chi connectivity index (χ1v) is 9.05. The lowest BCUT2D eigenvalue weighted by atomic mass is 10.1. The maximum atomic E-state index is 12.7. The molecule has 2 rings (SSSR count). The smallest absolute Gasteiger partial charge is 0.341 e. The first kappa shape index (κ1) is 21.0. The summed E-state index contributed by atoms with van der Waals surface area (Å²) in [6, 6.07) is 0. The van der Waals surface area contributed by atoms with Gasteiger partial charge in [0.2, 0.25) is 5.69 Å². The molecule has 2 aromatic rings. The van der Waals surface area contributed by atoms with E-state index in [1.54, 1.807) is 20.8 Å². The average molecular weight is 409 g/mol. The van der Waals surface area contributed by atoms with E-state index in [1.165, 1.54) is 6.92 Å². The van der Waals surface area contributed by atoms with Crippen molar-refractivity contribution in [1.29, 1.82) is 0 Å². The quantitative estimate of drug-likeness (QED) is 0.402. The normalized spacial score (nSPS) is 10.8. The molecule has 0 bridgehead atoms. The van der Waals surface area contributed by atoms with Gasteiger partial charge in [-0.1, -0.05) is 0 Å². The van der Waals surface area contributed by atoms with Gasteiger partial charge in [0.1, 0.15) is 11.2 Å².